The third-order valence-electron chi connectivity index (χ3n) is 4.45. The van der Waals surface area contributed by atoms with Gasteiger partial charge in [0.15, 0.2) is 0 Å². The summed E-state index contributed by atoms with van der Waals surface area (Å²) in [6, 6.07) is 12.0. The van der Waals surface area contributed by atoms with Crippen LogP contribution in [0, 0.1) is 0 Å². The van der Waals surface area contributed by atoms with Crippen molar-refractivity contribution >= 4 is 22.5 Å². The molecule has 4 rings (SSSR count). The summed E-state index contributed by atoms with van der Waals surface area (Å²) in [5, 5.41) is 4.37. The standard InChI is InChI=1S/C21H21N5O/c1-14(2)26-13-18(17-7-9-22-12-20(17)26)19-8-10-23-21(25-19)24-15-5-4-6-16(11-15)27-3/h4-14H,1-3H3,(H,23,24,25). The van der Waals surface area contributed by atoms with Gasteiger partial charge in [-0.15, -0.1) is 0 Å². The van der Waals surface area contributed by atoms with Crippen LogP contribution in [0.1, 0.15) is 19.9 Å². The number of ether oxygens (including phenoxy) is 1. The van der Waals surface area contributed by atoms with Crippen molar-refractivity contribution < 1.29 is 4.74 Å². The van der Waals surface area contributed by atoms with Gasteiger partial charge in [0.05, 0.1) is 24.5 Å². The Hall–Kier alpha value is -3.41. The number of hydrogen-bond donors (Lipinski definition) is 1. The van der Waals surface area contributed by atoms with Gasteiger partial charge in [-0.1, -0.05) is 6.07 Å². The molecular formula is C21H21N5O. The van der Waals surface area contributed by atoms with E-state index in [-0.39, 0.29) is 0 Å². The lowest BCUT2D eigenvalue weighted by molar-refractivity contribution is 0.415. The summed E-state index contributed by atoms with van der Waals surface area (Å²) >= 11 is 0. The SMILES string of the molecule is COc1cccc(Nc2nccc(-c3cn(C(C)C)c4cnccc34)n2)c1. The van der Waals surface area contributed by atoms with Crippen LogP contribution in [0.25, 0.3) is 22.2 Å². The van der Waals surface area contributed by atoms with Crippen molar-refractivity contribution in [2.75, 3.05) is 12.4 Å². The summed E-state index contributed by atoms with van der Waals surface area (Å²) in [6.45, 7) is 4.32. The van der Waals surface area contributed by atoms with Crippen LogP contribution in [0.4, 0.5) is 11.6 Å². The molecule has 3 aromatic heterocycles. The molecule has 1 aromatic carbocycles. The first-order valence-electron chi connectivity index (χ1n) is 8.85. The van der Waals surface area contributed by atoms with Crippen LogP contribution < -0.4 is 10.1 Å². The van der Waals surface area contributed by atoms with Crippen LogP contribution in [0.5, 0.6) is 5.75 Å². The number of nitrogens with zero attached hydrogens (tertiary/aromatic N) is 4. The van der Waals surface area contributed by atoms with Crippen molar-refractivity contribution in [3.05, 3.63) is 61.2 Å². The maximum atomic E-state index is 5.27. The summed E-state index contributed by atoms with van der Waals surface area (Å²) in [5.41, 5.74) is 3.91. The minimum absolute atomic E-state index is 0.335. The summed E-state index contributed by atoms with van der Waals surface area (Å²) < 4.78 is 7.49. The molecule has 0 amide bonds. The van der Waals surface area contributed by atoms with Gasteiger partial charge < -0.3 is 14.6 Å². The van der Waals surface area contributed by atoms with Gasteiger partial charge in [0.25, 0.3) is 0 Å². The Bertz CT molecular complexity index is 1090. The van der Waals surface area contributed by atoms with Gasteiger partial charge in [0.1, 0.15) is 5.75 Å². The van der Waals surface area contributed by atoms with E-state index in [9.17, 15) is 0 Å². The number of rotatable bonds is 5. The zero-order valence-electron chi connectivity index (χ0n) is 15.5. The summed E-state index contributed by atoms with van der Waals surface area (Å²) in [6.07, 6.45) is 7.61. The van der Waals surface area contributed by atoms with Crippen LogP contribution in [0.2, 0.25) is 0 Å². The van der Waals surface area contributed by atoms with Crippen LogP contribution in [-0.2, 0) is 0 Å². The van der Waals surface area contributed by atoms with E-state index < -0.39 is 0 Å². The minimum atomic E-state index is 0.335. The summed E-state index contributed by atoms with van der Waals surface area (Å²) in [5.74, 6) is 1.32. The smallest absolute Gasteiger partial charge is 0.227 e. The zero-order chi connectivity index (χ0) is 18.8. The van der Waals surface area contributed by atoms with Gasteiger partial charge in [-0.05, 0) is 38.1 Å². The first kappa shape index (κ1) is 17.0. The number of aromatic nitrogens is 4. The number of fused-ring (bicyclic) bond motifs is 1. The average Bonchev–Trinajstić information content (AvgIpc) is 3.08. The maximum Gasteiger partial charge on any atom is 0.227 e. The number of nitrogens with one attached hydrogen (secondary N) is 1. The van der Waals surface area contributed by atoms with Gasteiger partial charge >= 0.3 is 0 Å². The zero-order valence-corrected chi connectivity index (χ0v) is 15.5. The Morgan fingerprint density at radius 1 is 1.11 bits per heavy atom. The van der Waals surface area contributed by atoms with Crippen LogP contribution in [0.3, 0.4) is 0 Å². The van der Waals surface area contributed by atoms with Gasteiger partial charge in [-0.3, -0.25) is 4.98 Å². The molecule has 4 aromatic rings. The summed E-state index contributed by atoms with van der Waals surface area (Å²) in [7, 11) is 1.65. The first-order chi connectivity index (χ1) is 13.2. The third-order valence-corrected chi connectivity index (χ3v) is 4.45. The predicted molar refractivity (Wildman–Crippen MR) is 107 cm³/mol. The van der Waals surface area contributed by atoms with Gasteiger partial charge in [-0.25, -0.2) is 9.97 Å². The Morgan fingerprint density at radius 3 is 2.81 bits per heavy atom. The molecule has 0 atom stereocenters. The molecule has 0 saturated carbocycles. The lowest BCUT2D eigenvalue weighted by Crippen LogP contribution is -1.99. The molecule has 1 N–H and O–H groups in total. The Kier molecular flexibility index (Phi) is 4.46. The number of methoxy groups -OCH3 is 1. The van der Waals surface area contributed by atoms with E-state index in [1.165, 1.54) is 0 Å². The monoisotopic (exact) mass is 359 g/mol. The molecule has 0 aliphatic heterocycles. The first-order valence-corrected chi connectivity index (χ1v) is 8.85. The molecule has 27 heavy (non-hydrogen) atoms. The van der Waals surface area contributed by atoms with Gasteiger partial charge in [0.2, 0.25) is 5.95 Å². The highest BCUT2D eigenvalue weighted by molar-refractivity contribution is 5.94. The summed E-state index contributed by atoms with van der Waals surface area (Å²) in [4.78, 5) is 13.4. The lowest BCUT2D eigenvalue weighted by atomic mass is 10.1. The average molecular weight is 359 g/mol. The molecule has 136 valence electrons. The van der Waals surface area contributed by atoms with Crippen molar-refractivity contribution in [1.29, 1.82) is 0 Å². The van der Waals surface area contributed by atoms with Crippen molar-refractivity contribution in [2.45, 2.75) is 19.9 Å². The lowest BCUT2D eigenvalue weighted by Gasteiger charge is -2.08. The second-order valence-electron chi connectivity index (χ2n) is 6.56. The quantitative estimate of drug-likeness (QED) is 0.553. The van der Waals surface area contributed by atoms with E-state index in [0.717, 1.165) is 33.6 Å². The van der Waals surface area contributed by atoms with Crippen molar-refractivity contribution in [2.24, 2.45) is 0 Å². The number of pyridine rings is 1. The highest BCUT2D eigenvalue weighted by Crippen LogP contribution is 2.31. The molecule has 0 radical (unpaired) electrons. The fourth-order valence-corrected chi connectivity index (χ4v) is 3.13. The van der Waals surface area contributed by atoms with E-state index in [1.54, 1.807) is 13.3 Å². The fraction of sp³-hybridized carbons (Fsp3) is 0.190. The van der Waals surface area contributed by atoms with E-state index in [1.807, 2.05) is 48.8 Å². The van der Waals surface area contributed by atoms with E-state index >= 15 is 0 Å². The number of hydrogen-bond acceptors (Lipinski definition) is 5. The highest BCUT2D eigenvalue weighted by Gasteiger charge is 2.14. The minimum Gasteiger partial charge on any atom is -0.497 e. The van der Waals surface area contributed by atoms with Crippen LogP contribution in [-0.4, -0.2) is 26.6 Å². The van der Waals surface area contributed by atoms with Crippen LogP contribution >= 0.6 is 0 Å². The van der Waals surface area contributed by atoms with E-state index in [4.69, 9.17) is 9.72 Å². The number of anilines is 2. The van der Waals surface area contributed by atoms with Crippen molar-refractivity contribution in [1.82, 2.24) is 19.5 Å². The van der Waals surface area contributed by atoms with E-state index in [2.05, 4.69) is 39.9 Å². The molecule has 0 saturated heterocycles. The molecule has 0 spiro atoms. The topological polar surface area (TPSA) is 64.9 Å². The molecule has 3 heterocycles. The molecule has 0 unspecified atom stereocenters. The fourth-order valence-electron chi connectivity index (χ4n) is 3.13. The van der Waals surface area contributed by atoms with Gasteiger partial charge in [0, 0.05) is 47.3 Å². The van der Waals surface area contributed by atoms with Gasteiger partial charge in [-0.2, -0.15) is 0 Å². The number of benzene rings is 1. The second-order valence-corrected chi connectivity index (χ2v) is 6.56. The predicted octanol–water partition coefficient (Wildman–Crippen LogP) is 4.83. The van der Waals surface area contributed by atoms with Crippen molar-refractivity contribution in [3.63, 3.8) is 0 Å². The molecule has 0 bridgehead atoms. The Balaban J connectivity index is 1.74. The second kappa shape index (κ2) is 7.07. The largest absolute Gasteiger partial charge is 0.497 e. The molecule has 0 aliphatic rings. The third kappa shape index (κ3) is 3.33. The molecule has 0 fully saturated rings. The molecule has 0 aliphatic carbocycles. The van der Waals surface area contributed by atoms with E-state index in [0.29, 0.717) is 12.0 Å². The Morgan fingerprint density at radius 2 is 2.00 bits per heavy atom. The van der Waals surface area contributed by atoms with Crippen LogP contribution in [0.15, 0.2) is 61.2 Å². The molecule has 6 nitrogen and oxygen atoms in total. The molecule has 6 heteroatoms. The Labute approximate surface area is 157 Å². The highest BCUT2D eigenvalue weighted by atomic mass is 16.5. The maximum absolute atomic E-state index is 5.27. The normalized spacial score (nSPS) is 11.1. The van der Waals surface area contributed by atoms with Crippen molar-refractivity contribution in [3.8, 4) is 17.0 Å². The molecular weight excluding hydrogens is 338 g/mol.